The van der Waals surface area contributed by atoms with Gasteiger partial charge in [-0.05, 0) is 5.92 Å². The SMILES string of the molecule is CC(C)c1nnc(P)c2nsnc12. The molecule has 2 rings (SSSR count). The highest BCUT2D eigenvalue weighted by Crippen LogP contribution is 2.19. The minimum atomic E-state index is 0.337. The monoisotopic (exact) mass is 212 g/mol. The first-order valence-electron chi connectivity index (χ1n) is 3.94. The van der Waals surface area contributed by atoms with Crippen LogP contribution in [0, 0.1) is 0 Å². The largest absolute Gasteiger partial charge is 0.171 e. The topological polar surface area (TPSA) is 51.6 Å². The second-order valence-electron chi connectivity index (χ2n) is 3.09. The van der Waals surface area contributed by atoms with E-state index in [-0.39, 0.29) is 0 Å². The van der Waals surface area contributed by atoms with E-state index in [2.05, 4.69) is 42.0 Å². The van der Waals surface area contributed by atoms with Crippen LogP contribution in [-0.4, -0.2) is 18.9 Å². The molecule has 0 fully saturated rings. The molecule has 2 aromatic rings. The van der Waals surface area contributed by atoms with Gasteiger partial charge >= 0.3 is 0 Å². The summed E-state index contributed by atoms with van der Waals surface area (Å²) >= 11 is 1.21. The Morgan fingerprint density at radius 1 is 1.15 bits per heavy atom. The molecule has 0 aliphatic heterocycles. The zero-order chi connectivity index (χ0) is 9.42. The Morgan fingerprint density at radius 2 is 1.85 bits per heavy atom. The molecule has 2 aromatic heterocycles. The highest BCUT2D eigenvalue weighted by Gasteiger charge is 2.13. The molecule has 13 heavy (non-hydrogen) atoms. The third kappa shape index (κ3) is 1.42. The van der Waals surface area contributed by atoms with Gasteiger partial charge in [0.1, 0.15) is 16.5 Å². The van der Waals surface area contributed by atoms with Crippen LogP contribution in [0.25, 0.3) is 11.0 Å². The summed E-state index contributed by atoms with van der Waals surface area (Å²) in [6.07, 6.45) is 0. The first-order valence-corrected chi connectivity index (χ1v) is 5.25. The Hall–Kier alpha value is -0.670. The first-order chi connectivity index (χ1) is 6.20. The van der Waals surface area contributed by atoms with Crippen molar-refractivity contribution in [2.24, 2.45) is 0 Å². The van der Waals surface area contributed by atoms with Gasteiger partial charge in [0.2, 0.25) is 0 Å². The molecule has 0 aromatic carbocycles. The average Bonchev–Trinajstić information content (AvgIpc) is 2.53. The van der Waals surface area contributed by atoms with Gasteiger partial charge in [-0.1, -0.05) is 23.1 Å². The van der Waals surface area contributed by atoms with Crippen LogP contribution in [0.4, 0.5) is 0 Å². The van der Waals surface area contributed by atoms with Crippen molar-refractivity contribution in [2.45, 2.75) is 19.8 Å². The predicted molar refractivity (Wildman–Crippen MR) is 56.4 cm³/mol. The average molecular weight is 212 g/mol. The second kappa shape index (κ2) is 3.24. The summed E-state index contributed by atoms with van der Waals surface area (Å²) in [6, 6.07) is 0. The van der Waals surface area contributed by atoms with E-state index in [4.69, 9.17) is 0 Å². The summed E-state index contributed by atoms with van der Waals surface area (Å²) in [5.74, 6) is 0.337. The fourth-order valence-corrected chi connectivity index (χ4v) is 2.03. The van der Waals surface area contributed by atoms with Gasteiger partial charge in [0.05, 0.1) is 17.4 Å². The zero-order valence-corrected chi connectivity index (χ0v) is 9.32. The Labute approximate surface area is 82.3 Å². The van der Waals surface area contributed by atoms with Crippen LogP contribution >= 0.6 is 21.0 Å². The molecule has 0 saturated heterocycles. The normalized spacial score (nSPS) is 11.4. The van der Waals surface area contributed by atoms with E-state index in [1.165, 1.54) is 11.7 Å². The molecule has 0 saturated carbocycles. The van der Waals surface area contributed by atoms with Crippen molar-refractivity contribution in [3.05, 3.63) is 5.69 Å². The van der Waals surface area contributed by atoms with Crippen LogP contribution in [0.1, 0.15) is 25.5 Å². The van der Waals surface area contributed by atoms with E-state index in [1.54, 1.807) is 0 Å². The quantitative estimate of drug-likeness (QED) is 0.664. The Bertz CT molecular complexity index is 439. The van der Waals surface area contributed by atoms with Crippen molar-refractivity contribution in [3.63, 3.8) is 0 Å². The molecule has 1 unspecified atom stereocenters. The lowest BCUT2D eigenvalue weighted by Crippen LogP contribution is -2.07. The fraction of sp³-hybridized carbons (Fsp3) is 0.429. The van der Waals surface area contributed by atoms with E-state index in [0.717, 1.165) is 22.2 Å². The Balaban J connectivity index is 2.78. The molecule has 0 amide bonds. The minimum absolute atomic E-state index is 0.337. The molecular formula is C7H9N4PS. The summed E-state index contributed by atoms with van der Waals surface area (Å²) in [6.45, 7) is 4.15. The molecule has 68 valence electrons. The predicted octanol–water partition coefficient (Wildman–Crippen LogP) is 1.11. The van der Waals surface area contributed by atoms with Crippen LogP contribution in [0.15, 0.2) is 0 Å². The minimum Gasteiger partial charge on any atom is -0.171 e. The number of fused-ring (bicyclic) bond motifs is 1. The fourth-order valence-electron chi connectivity index (χ4n) is 1.12. The summed E-state index contributed by atoms with van der Waals surface area (Å²) in [5, 5.41) is 8.13. The van der Waals surface area contributed by atoms with Gasteiger partial charge in [-0.25, -0.2) is 0 Å². The molecule has 4 nitrogen and oxygen atoms in total. The van der Waals surface area contributed by atoms with Crippen molar-refractivity contribution < 1.29 is 0 Å². The molecular weight excluding hydrogens is 203 g/mol. The summed E-state index contributed by atoms with van der Waals surface area (Å²) in [7, 11) is 2.52. The van der Waals surface area contributed by atoms with Gasteiger partial charge < -0.3 is 0 Å². The maximum absolute atomic E-state index is 4.22. The van der Waals surface area contributed by atoms with Crippen LogP contribution < -0.4 is 5.44 Å². The number of hydrogen-bond donors (Lipinski definition) is 0. The summed E-state index contributed by atoms with van der Waals surface area (Å²) < 4.78 is 8.38. The number of aromatic nitrogens is 4. The number of nitrogens with zero attached hydrogens (tertiary/aromatic N) is 4. The standard InChI is InChI=1S/C7H9N4PS/c1-3(2)4-5-6(11-13-10-5)7(12)9-8-4/h3H,12H2,1-2H3. The van der Waals surface area contributed by atoms with Crippen molar-refractivity contribution in [3.8, 4) is 0 Å². The van der Waals surface area contributed by atoms with Gasteiger partial charge in [-0.15, -0.1) is 5.10 Å². The van der Waals surface area contributed by atoms with E-state index < -0.39 is 0 Å². The highest BCUT2D eigenvalue weighted by molar-refractivity contribution is 7.27. The lowest BCUT2D eigenvalue weighted by atomic mass is 10.1. The third-order valence-corrected chi connectivity index (χ3v) is 2.70. The van der Waals surface area contributed by atoms with Crippen molar-refractivity contribution in [1.82, 2.24) is 18.9 Å². The van der Waals surface area contributed by atoms with Crippen molar-refractivity contribution in [2.75, 3.05) is 0 Å². The molecule has 2 heterocycles. The lowest BCUT2D eigenvalue weighted by molar-refractivity contribution is 0.801. The summed E-state index contributed by atoms with van der Waals surface area (Å²) in [5.41, 5.74) is 3.44. The van der Waals surface area contributed by atoms with Gasteiger partial charge in [0, 0.05) is 0 Å². The van der Waals surface area contributed by atoms with Crippen LogP contribution in [-0.2, 0) is 0 Å². The van der Waals surface area contributed by atoms with Gasteiger partial charge in [0.15, 0.2) is 0 Å². The van der Waals surface area contributed by atoms with E-state index in [9.17, 15) is 0 Å². The molecule has 0 spiro atoms. The molecule has 1 atom stereocenters. The van der Waals surface area contributed by atoms with Crippen LogP contribution in [0.3, 0.4) is 0 Å². The molecule has 0 N–H and O–H groups in total. The maximum Gasteiger partial charge on any atom is 0.134 e. The third-order valence-electron chi connectivity index (χ3n) is 1.79. The smallest absolute Gasteiger partial charge is 0.134 e. The van der Waals surface area contributed by atoms with Gasteiger partial charge in [-0.3, -0.25) is 0 Å². The van der Waals surface area contributed by atoms with Gasteiger partial charge in [-0.2, -0.15) is 13.8 Å². The van der Waals surface area contributed by atoms with Crippen LogP contribution in [0.2, 0.25) is 0 Å². The summed E-state index contributed by atoms with van der Waals surface area (Å²) in [4.78, 5) is 0. The molecule has 0 aliphatic carbocycles. The lowest BCUT2D eigenvalue weighted by Gasteiger charge is -2.03. The van der Waals surface area contributed by atoms with Gasteiger partial charge in [0.25, 0.3) is 0 Å². The van der Waals surface area contributed by atoms with Crippen molar-refractivity contribution in [1.29, 1.82) is 0 Å². The molecule has 0 radical (unpaired) electrons. The molecule has 6 heteroatoms. The van der Waals surface area contributed by atoms with E-state index in [1.807, 2.05) is 0 Å². The molecule has 0 bridgehead atoms. The maximum atomic E-state index is 4.22. The zero-order valence-electron chi connectivity index (χ0n) is 7.35. The first kappa shape index (κ1) is 8.91. The van der Waals surface area contributed by atoms with Crippen molar-refractivity contribution >= 4 is 37.4 Å². The Kier molecular flexibility index (Phi) is 2.22. The van der Waals surface area contributed by atoms with E-state index in [0.29, 0.717) is 5.92 Å². The highest BCUT2D eigenvalue weighted by atomic mass is 32.1. The second-order valence-corrected chi connectivity index (χ2v) is 4.16. The molecule has 0 aliphatic rings. The Morgan fingerprint density at radius 3 is 2.54 bits per heavy atom. The number of rotatable bonds is 1. The van der Waals surface area contributed by atoms with E-state index >= 15 is 0 Å². The number of hydrogen-bond acceptors (Lipinski definition) is 5. The van der Waals surface area contributed by atoms with Crippen LogP contribution in [0.5, 0.6) is 0 Å².